The van der Waals surface area contributed by atoms with Gasteiger partial charge < -0.3 is 5.32 Å². The Morgan fingerprint density at radius 2 is 1.72 bits per heavy atom. The molecule has 1 rings (SSSR count). The van der Waals surface area contributed by atoms with Crippen LogP contribution in [0.2, 0.25) is 0 Å². The average molecular weight is 319 g/mol. The van der Waals surface area contributed by atoms with E-state index in [4.69, 9.17) is 0 Å². The number of carbonyl (C=O) groups is 1. The van der Waals surface area contributed by atoms with Crippen molar-refractivity contribution >= 4 is 21.8 Å². The van der Waals surface area contributed by atoms with Crippen LogP contribution in [0, 0.1) is 11.8 Å². The van der Waals surface area contributed by atoms with Crippen molar-refractivity contribution in [3.63, 3.8) is 0 Å². The zero-order valence-electron chi connectivity index (χ0n) is 12.1. The molecule has 2 unspecified atom stereocenters. The van der Waals surface area contributed by atoms with Crippen molar-refractivity contribution in [3.05, 3.63) is 0 Å². The van der Waals surface area contributed by atoms with Crippen LogP contribution in [-0.4, -0.2) is 41.3 Å². The van der Waals surface area contributed by atoms with Gasteiger partial charge in [-0.1, -0.05) is 43.6 Å². The Labute approximate surface area is 120 Å². The lowest BCUT2D eigenvalue weighted by Gasteiger charge is -2.31. The Bertz CT molecular complexity index is 263. The second-order valence-electron chi connectivity index (χ2n) is 5.95. The summed E-state index contributed by atoms with van der Waals surface area (Å²) in [5, 5.41) is 3.09. The molecular formula is C14H27BrN2O. The molecule has 0 radical (unpaired) electrons. The second kappa shape index (κ2) is 7.49. The number of carbonyl (C=O) groups excluding carboxylic acids is 1. The van der Waals surface area contributed by atoms with Gasteiger partial charge in [0.25, 0.3) is 0 Å². The third-order valence-corrected chi connectivity index (χ3v) is 5.17. The van der Waals surface area contributed by atoms with E-state index in [0.29, 0.717) is 17.9 Å². The molecule has 0 saturated carbocycles. The van der Waals surface area contributed by atoms with Gasteiger partial charge in [0.2, 0.25) is 5.91 Å². The largest absolute Gasteiger partial charge is 0.354 e. The first-order valence-corrected chi connectivity index (χ1v) is 8.01. The van der Waals surface area contributed by atoms with Gasteiger partial charge in [-0.2, -0.15) is 0 Å². The van der Waals surface area contributed by atoms with Crippen LogP contribution in [0.1, 0.15) is 40.5 Å². The molecule has 0 bridgehead atoms. The molecule has 1 aliphatic heterocycles. The smallest absolute Gasteiger partial charge is 0.234 e. The Kier molecular flexibility index (Phi) is 6.64. The molecule has 1 aliphatic rings. The van der Waals surface area contributed by atoms with Crippen molar-refractivity contribution in [2.45, 2.75) is 51.4 Å². The highest BCUT2D eigenvalue weighted by molar-refractivity contribution is 9.10. The molecule has 4 heteroatoms. The van der Waals surface area contributed by atoms with Crippen LogP contribution in [0.5, 0.6) is 0 Å². The topological polar surface area (TPSA) is 32.3 Å². The highest BCUT2D eigenvalue weighted by Gasteiger charge is 2.26. The number of hydrogen-bond acceptors (Lipinski definition) is 2. The maximum atomic E-state index is 11.9. The summed E-state index contributed by atoms with van der Waals surface area (Å²) in [4.78, 5) is 14.4. The number of likely N-dealkylation sites (tertiary alicyclic amines) is 1. The van der Waals surface area contributed by atoms with Crippen LogP contribution in [-0.2, 0) is 4.79 Å². The number of hydrogen-bond donors (Lipinski definition) is 1. The van der Waals surface area contributed by atoms with Crippen molar-refractivity contribution in [1.82, 2.24) is 10.2 Å². The van der Waals surface area contributed by atoms with Crippen molar-refractivity contribution in [1.29, 1.82) is 0 Å². The van der Waals surface area contributed by atoms with Crippen molar-refractivity contribution in [2.24, 2.45) is 11.8 Å². The van der Waals surface area contributed by atoms with E-state index in [2.05, 4.69) is 53.8 Å². The molecule has 1 amide bonds. The van der Waals surface area contributed by atoms with Gasteiger partial charge in [-0.05, 0) is 37.8 Å². The zero-order valence-corrected chi connectivity index (χ0v) is 13.7. The molecule has 2 atom stereocenters. The summed E-state index contributed by atoms with van der Waals surface area (Å²) in [7, 11) is 0. The van der Waals surface area contributed by atoms with Crippen LogP contribution < -0.4 is 5.32 Å². The fourth-order valence-electron chi connectivity index (χ4n) is 2.47. The summed E-state index contributed by atoms with van der Waals surface area (Å²) in [6, 6.07) is 0.475. The monoisotopic (exact) mass is 318 g/mol. The number of rotatable bonds is 6. The maximum Gasteiger partial charge on any atom is 0.234 e. The fourth-order valence-corrected chi connectivity index (χ4v) is 2.63. The van der Waals surface area contributed by atoms with Gasteiger partial charge in [0.15, 0.2) is 0 Å². The Hall–Kier alpha value is -0.0900. The predicted octanol–water partition coefficient (Wildman–Crippen LogP) is 2.64. The number of amides is 1. The van der Waals surface area contributed by atoms with E-state index in [9.17, 15) is 4.79 Å². The summed E-state index contributed by atoms with van der Waals surface area (Å²) in [5.41, 5.74) is 0. The Morgan fingerprint density at radius 3 is 2.17 bits per heavy atom. The summed E-state index contributed by atoms with van der Waals surface area (Å²) >= 11 is 3.45. The Morgan fingerprint density at radius 1 is 1.17 bits per heavy atom. The van der Waals surface area contributed by atoms with Gasteiger partial charge in [-0.15, -0.1) is 0 Å². The quantitative estimate of drug-likeness (QED) is 0.764. The SMILES string of the molecule is CC(C)C(Br)C(=O)NCC(C(C)C)N1CCCC1. The zero-order chi connectivity index (χ0) is 13.7. The molecule has 1 fully saturated rings. The third kappa shape index (κ3) is 4.54. The van der Waals surface area contributed by atoms with Gasteiger partial charge in [0, 0.05) is 12.6 Å². The molecule has 0 spiro atoms. The highest BCUT2D eigenvalue weighted by Crippen LogP contribution is 2.18. The molecular weight excluding hydrogens is 292 g/mol. The van der Waals surface area contributed by atoms with E-state index in [0.717, 1.165) is 6.54 Å². The van der Waals surface area contributed by atoms with Gasteiger partial charge in [-0.3, -0.25) is 9.69 Å². The molecule has 106 valence electrons. The lowest BCUT2D eigenvalue weighted by molar-refractivity contribution is -0.121. The van der Waals surface area contributed by atoms with E-state index in [-0.39, 0.29) is 10.7 Å². The van der Waals surface area contributed by atoms with Crippen LogP contribution >= 0.6 is 15.9 Å². The van der Waals surface area contributed by atoms with Crippen molar-refractivity contribution in [3.8, 4) is 0 Å². The molecule has 1 saturated heterocycles. The minimum absolute atomic E-state index is 0.0797. The minimum atomic E-state index is -0.0797. The summed E-state index contributed by atoms with van der Waals surface area (Å²) in [5.74, 6) is 1.03. The standard InChI is InChI=1S/C14H27BrN2O/c1-10(2)12(17-7-5-6-8-17)9-16-14(18)13(15)11(3)4/h10-13H,5-9H2,1-4H3,(H,16,18). The third-order valence-electron chi connectivity index (χ3n) is 3.70. The van der Waals surface area contributed by atoms with Gasteiger partial charge in [0.05, 0.1) is 4.83 Å². The van der Waals surface area contributed by atoms with Crippen LogP contribution in [0.3, 0.4) is 0 Å². The second-order valence-corrected chi connectivity index (χ2v) is 6.93. The number of nitrogens with zero attached hydrogens (tertiary/aromatic N) is 1. The van der Waals surface area contributed by atoms with Gasteiger partial charge >= 0.3 is 0 Å². The highest BCUT2D eigenvalue weighted by atomic mass is 79.9. The van der Waals surface area contributed by atoms with E-state index in [1.54, 1.807) is 0 Å². The molecule has 3 nitrogen and oxygen atoms in total. The number of halogens is 1. The first-order chi connectivity index (χ1) is 8.43. The van der Waals surface area contributed by atoms with Crippen LogP contribution in [0.4, 0.5) is 0 Å². The molecule has 1 N–H and O–H groups in total. The lowest BCUT2D eigenvalue weighted by atomic mass is 10.0. The van der Waals surface area contributed by atoms with E-state index >= 15 is 0 Å². The Balaban J connectivity index is 2.44. The maximum absolute atomic E-state index is 11.9. The molecule has 0 aromatic rings. The summed E-state index contributed by atoms with van der Waals surface area (Å²) < 4.78 is 0. The summed E-state index contributed by atoms with van der Waals surface area (Å²) in [6.07, 6.45) is 2.59. The van der Waals surface area contributed by atoms with Crippen LogP contribution in [0.15, 0.2) is 0 Å². The van der Waals surface area contributed by atoms with Crippen molar-refractivity contribution < 1.29 is 4.79 Å². The number of alkyl halides is 1. The van der Waals surface area contributed by atoms with Crippen LogP contribution in [0.25, 0.3) is 0 Å². The van der Waals surface area contributed by atoms with E-state index in [1.807, 2.05) is 0 Å². The molecule has 0 aromatic carbocycles. The first kappa shape index (κ1) is 16.0. The fraction of sp³-hybridized carbons (Fsp3) is 0.929. The van der Waals surface area contributed by atoms with E-state index in [1.165, 1.54) is 25.9 Å². The molecule has 0 aliphatic carbocycles. The lowest BCUT2D eigenvalue weighted by Crippen LogP contribution is -2.47. The predicted molar refractivity (Wildman–Crippen MR) is 80.0 cm³/mol. The summed E-state index contributed by atoms with van der Waals surface area (Å²) in [6.45, 7) is 11.7. The van der Waals surface area contributed by atoms with E-state index < -0.39 is 0 Å². The van der Waals surface area contributed by atoms with Crippen molar-refractivity contribution in [2.75, 3.05) is 19.6 Å². The minimum Gasteiger partial charge on any atom is -0.354 e. The first-order valence-electron chi connectivity index (χ1n) is 7.09. The normalized spacial score (nSPS) is 20.4. The molecule has 1 heterocycles. The molecule has 0 aromatic heterocycles. The average Bonchev–Trinajstić information content (AvgIpc) is 2.81. The van der Waals surface area contributed by atoms with Gasteiger partial charge in [-0.25, -0.2) is 0 Å². The number of nitrogens with one attached hydrogen (secondary N) is 1. The molecule has 18 heavy (non-hydrogen) atoms. The van der Waals surface area contributed by atoms with Gasteiger partial charge in [0.1, 0.15) is 0 Å².